The number of hydrogen-bond acceptors (Lipinski definition) is 6. The van der Waals surface area contributed by atoms with E-state index < -0.39 is 0 Å². The Morgan fingerprint density at radius 1 is 1.38 bits per heavy atom. The lowest BCUT2D eigenvalue weighted by molar-refractivity contribution is 0.171. The first-order valence-electron chi connectivity index (χ1n) is 6.84. The summed E-state index contributed by atoms with van der Waals surface area (Å²) in [5, 5.41) is 6.67. The average molecular weight is 306 g/mol. The molecule has 1 aromatic heterocycles. The minimum Gasteiger partial charge on any atom is -0.493 e. The number of aromatic nitrogens is 1. The Labute approximate surface area is 127 Å². The maximum atomic E-state index is 5.42. The number of methoxy groups -OCH3 is 1. The van der Waals surface area contributed by atoms with Gasteiger partial charge in [0.2, 0.25) is 12.5 Å². The molecule has 0 saturated heterocycles. The standard InChI is InChI=1S/C15H18N2O3S/c1-10-8-21-14(17-10)3-4-16-7-11-5-12(18-2)15-13(6-11)19-9-20-15/h5-6,8,16H,3-4,7,9H2,1-2H3. The third kappa shape index (κ3) is 3.28. The molecule has 0 radical (unpaired) electrons. The maximum Gasteiger partial charge on any atom is 0.231 e. The quantitative estimate of drug-likeness (QED) is 0.831. The molecule has 6 heteroatoms. The monoisotopic (exact) mass is 306 g/mol. The lowest BCUT2D eigenvalue weighted by Gasteiger charge is -2.09. The van der Waals surface area contributed by atoms with Crippen LogP contribution in [0.2, 0.25) is 0 Å². The summed E-state index contributed by atoms with van der Waals surface area (Å²) >= 11 is 1.71. The summed E-state index contributed by atoms with van der Waals surface area (Å²) in [6, 6.07) is 3.97. The SMILES string of the molecule is COc1cc(CNCCc2nc(C)cs2)cc2c1OCO2. The highest BCUT2D eigenvalue weighted by molar-refractivity contribution is 7.09. The first-order chi connectivity index (χ1) is 10.3. The van der Waals surface area contributed by atoms with Crippen LogP contribution in [0.4, 0.5) is 0 Å². The lowest BCUT2D eigenvalue weighted by atomic mass is 10.2. The first-order valence-corrected chi connectivity index (χ1v) is 7.72. The van der Waals surface area contributed by atoms with E-state index in [4.69, 9.17) is 14.2 Å². The molecule has 0 unspecified atom stereocenters. The third-order valence-electron chi connectivity index (χ3n) is 3.23. The topological polar surface area (TPSA) is 52.6 Å². The number of ether oxygens (including phenoxy) is 3. The average Bonchev–Trinajstić information content (AvgIpc) is 3.11. The van der Waals surface area contributed by atoms with Crippen molar-refractivity contribution in [1.82, 2.24) is 10.3 Å². The minimum atomic E-state index is 0.256. The molecule has 0 fully saturated rings. The van der Waals surface area contributed by atoms with Gasteiger partial charge < -0.3 is 19.5 Å². The first kappa shape index (κ1) is 14.2. The second-order valence-electron chi connectivity index (χ2n) is 4.84. The predicted octanol–water partition coefficient (Wildman–Crippen LogP) is 2.52. The van der Waals surface area contributed by atoms with Crippen molar-refractivity contribution in [1.29, 1.82) is 0 Å². The zero-order valence-corrected chi connectivity index (χ0v) is 13.0. The Hall–Kier alpha value is -1.79. The van der Waals surface area contributed by atoms with Crippen LogP contribution < -0.4 is 19.5 Å². The highest BCUT2D eigenvalue weighted by atomic mass is 32.1. The van der Waals surface area contributed by atoms with Crippen molar-refractivity contribution >= 4 is 11.3 Å². The van der Waals surface area contributed by atoms with Crippen molar-refractivity contribution in [2.45, 2.75) is 19.9 Å². The number of aryl methyl sites for hydroxylation is 1. The van der Waals surface area contributed by atoms with Crippen LogP contribution in [0.1, 0.15) is 16.3 Å². The summed E-state index contributed by atoms with van der Waals surface area (Å²) in [5.74, 6) is 2.17. The van der Waals surface area contributed by atoms with Crippen LogP contribution in [0.25, 0.3) is 0 Å². The van der Waals surface area contributed by atoms with Crippen LogP contribution in [0, 0.1) is 6.92 Å². The van der Waals surface area contributed by atoms with Crippen molar-refractivity contribution in [3.05, 3.63) is 33.8 Å². The van der Waals surface area contributed by atoms with Gasteiger partial charge in [0.05, 0.1) is 12.1 Å². The largest absolute Gasteiger partial charge is 0.493 e. The zero-order valence-electron chi connectivity index (χ0n) is 12.1. The fraction of sp³-hybridized carbons (Fsp3) is 0.400. The van der Waals surface area contributed by atoms with E-state index in [9.17, 15) is 0 Å². The van der Waals surface area contributed by atoms with Crippen LogP contribution in [0.3, 0.4) is 0 Å². The normalized spacial score (nSPS) is 12.7. The molecule has 2 aromatic rings. The van der Waals surface area contributed by atoms with E-state index in [-0.39, 0.29) is 6.79 Å². The predicted molar refractivity (Wildman–Crippen MR) is 81.4 cm³/mol. The number of fused-ring (bicyclic) bond motifs is 1. The fourth-order valence-corrected chi connectivity index (χ4v) is 3.01. The summed E-state index contributed by atoms with van der Waals surface area (Å²) in [7, 11) is 1.64. The number of hydrogen-bond donors (Lipinski definition) is 1. The molecule has 0 amide bonds. The highest BCUT2D eigenvalue weighted by Gasteiger charge is 2.19. The number of benzene rings is 1. The molecule has 1 aliphatic heterocycles. The Bertz CT molecular complexity index is 627. The Balaban J connectivity index is 1.56. The third-order valence-corrected chi connectivity index (χ3v) is 4.26. The number of nitrogens with zero attached hydrogens (tertiary/aromatic N) is 1. The van der Waals surface area contributed by atoms with Gasteiger partial charge >= 0.3 is 0 Å². The van der Waals surface area contributed by atoms with Crippen molar-refractivity contribution in [3.8, 4) is 17.2 Å². The lowest BCUT2D eigenvalue weighted by Crippen LogP contribution is -2.16. The smallest absolute Gasteiger partial charge is 0.231 e. The minimum absolute atomic E-state index is 0.256. The molecule has 0 saturated carbocycles. The van der Waals surface area contributed by atoms with Gasteiger partial charge in [0.15, 0.2) is 11.5 Å². The van der Waals surface area contributed by atoms with Gasteiger partial charge in [-0.1, -0.05) is 0 Å². The van der Waals surface area contributed by atoms with Gasteiger partial charge in [-0.15, -0.1) is 11.3 Å². The Kier molecular flexibility index (Phi) is 4.26. The number of nitrogens with one attached hydrogen (secondary N) is 1. The second-order valence-corrected chi connectivity index (χ2v) is 5.78. The molecule has 1 N–H and O–H groups in total. The van der Waals surface area contributed by atoms with Crippen molar-refractivity contribution in [3.63, 3.8) is 0 Å². The Morgan fingerprint density at radius 3 is 3.05 bits per heavy atom. The van der Waals surface area contributed by atoms with Crippen LogP contribution in [0.5, 0.6) is 17.2 Å². The molecular weight excluding hydrogens is 288 g/mol. The van der Waals surface area contributed by atoms with E-state index in [1.807, 2.05) is 19.1 Å². The van der Waals surface area contributed by atoms with Crippen LogP contribution >= 0.6 is 11.3 Å². The summed E-state index contributed by atoms with van der Waals surface area (Å²) < 4.78 is 16.1. The molecule has 0 aliphatic carbocycles. The molecule has 0 spiro atoms. The fourth-order valence-electron chi connectivity index (χ4n) is 2.23. The van der Waals surface area contributed by atoms with Gasteiger partial charge in [-0.25, -0.2) is 4.98 Å². The summed E-state index contributed by atoms with van der Waals surface area (Å²) in [4.78, 5) is 4.45. The summed E-state index contributed by atoms with van der Waals surface area (Å²) in [5.41, 5.74) is 2.21. The molecule has 2 heterocycles. The van der Waals surface area contributed by atoms with E-state index in [1.165, 1.54) is 5.01 Å². The number of rotatable bonds is 6. The van der Waals surface area contributed by atoms with E-state index in [0.717, 1.165) is 42.3 Å². The molecule has 1 aliphatic rings. The number of thiazole rings is 1. The van der Waals surface area contributed by atoms with Crippen molar-refractivity contribution < 1.29 is 14.2 Å². The van der Waals surface area contributed by atoms with Crippen LogP contribution in [0.15, 0.2) is 17.5 Å². The van der Waals surface area contributed by atoms with Crippen molar-refractivity contribution in [2.24, 2.45) is 0 Å². The van der Waals surface area contributed by atoms with Gasteiger partial charge in [-0.3, -0.25) is 0 Å². The molecule has 0 bridgehead atoms. The molecule has 5 nitrogen and oxygen atoms in total. The molecule has 21 heavy (non-hydrogen) atoms. The molecule has 3 rings (SSSR count). The van der Waals surface area contributed by atoms with E-state index in [0.29, 0.717) is 5.75 Å². The zero-order chi connectivity index (χ0) is 14.7. The molecule has 1 aromatic carbocycles. The van der Waals surface area contributed by atoms with Gasteiger partial charge in [-0.2, -0.15) is 0 Å². The van der Waals surface area contributed by atoms with E-state index in [2.05, 4.69) is 15.7 Å². The van der Waals surface area contributed by atoms with Gasteiger partial charge in [-0.05, 0) is 24.6 Å². The van der Waals surface area contributed by atoms with E-state index >= 15 is 0 Å². The van der Waals surface area contributed by atoms with Gasteiger partial charge in [0, 0.05) is 30.6 Å². The molecular formula is C15H18N2O3S. The van der Waals surface area contributed by atoms with Gasteiger partial charge in [0.25, 0.3) is 0 Å². The summed E-state index contributed by atoms with van der Waals surface area (Å²) in [6.07, 6.45) is 0.945. The maximum absolute atomic E-state index is 5.42. The van der Waals surface area contributed by atoms with Crippen molar-refractivity contribution in [2.75, 3.05) is 20.4 Å². The van der Waals surface area contributed by atoms with E-state index in [1.54, 1.807) is 18.4 Å². The summed E-state index contributed by atoms with van der Waals surface area (Å²) in [6.45, 7) is 3.93. The van der Waals surface area contributed by atoms with Crippen LogP contribution in [-0.4, -0.2) is 25.4 Å². The van der Waals surface area contributed by atoms with Gasteiger partial charge in [0.1, 0.15) is 0 Å². The Morgan fingerprint density at radius 2 is 2.29 bits per heavy atom. The highest BCUT2D eigenvalue weighted by Crippen LogP contribution is 2.41. The van der Waals surface area contributed by atoms with Crippen LogP contribution in [-0.2, 0) is 13.0 Å². The molecule has 112 valence electrons. The second kappa shape index (κ2) is 6.32. The molecule has 0 atom stereocenters.